The lowest BCUT2D eigenvalue weighted by Crippen LogP contribution is -2.19. The Morgan fingerprint density at radius 3 is 2.81 bits per heavy atom. The second kappa shape index (κ2) is 5.29. The number of rotatable bonds is 4. The summed E-state index contributed by atoms with van der Waals surface area (Å²) in [5.74, 6) is 1.29. The van der Waals surface area contributed by atoms with Crippen LogP contribution in [0.15, 0.2) is 24.3 Å². The molecule has 1 aromatic carbocycles. The Morgan fingerprint density at radius 1 is 1.44 bits per heavy atom. The minimum atomic E-state index is -1.63. The fraction of sp³-hybridized carbons (Fsp3) is 0.400. The third-order valence-corrected chi connectivity index (χ3v) is 2.82. The lowest BCUT2D eigenvalue weighted by molar-refractivity contribution is 0.148. The van der Waals surface area contributed by atoms with Crippen LogP contribution in [0.1, 0.15) is 0 Å². The molecule has 0 aromatic heterocycles. The smallest absolute Gasteiger partial charge is 0.305 e. The summed E-state index contributed by atoms with van der Waals surface area (Å²) in [5.41, 5.74) is 0. The first-order chi connectivity index (χ1) is 7.79. The molecule has 1 unspecified atom stereocenters. The van der Waals surface area contributed by atoms with E-state index < -0.39 is 11.4 Å². The van der Waals surface area contributed by atoms with Gasteiger partial charge in [-0.25, -0.2) is 0 Å². The van der Waals surface area contributed by atoms with Gasteiger partial charge in [0.25, 0.3) is 0 Å². The fourth-order valence-corrected chi connectivity index (χ4v) is 1.95. The molecule has 1 fully saturated rings. The van der Waals surface area contributed by atoms with Gasteiger partial charge in [0.1, 0.15) is 12.7 Å². The van der Waals surface area contributed by atoms with Crippen LogP contribution in [0.4, 0.5) is 0 Å². The molecule has 88 valence electrons. The van der Waals surface area contributed by atoms with Gasteiger partial charge in [-0.3, -0.25) is 8.37 Å². The highest BCUT2D eigenvalue weighted by Crippen LogP contribution is 2.26. The zero-order valence-corrected chi connectivity index (χ0v) is 9.57. The van der Waals surface area contributed by atoms with Gasteiger partial charge in [-0.15, -0.1) is 0 Å². The highest BCUT2D eigenvalue weighted by atomic mass is 32.2. The maximum absolute atomic E-state index is 10.8. The van der Waals surface area contributed by atoms with Crippen LogP contribution in [-0.2, 0) is 19.7 Å². The second-order valence-electron chi connectivity index (χ2n) is 3.17. The molecule has 0 N–H and O–H groups in total. The van der Waals surface area contributed by atoms with E-state index in [-0.39, 0.29) is 19.3 Å². The predicted molar refractivity (Wildman–Crippen MR) is 57.5 cm³/mol. The highest BCUT2D eigenvalue weighted by molar-refractivity contribution is 7.75. The van der Waals surface area contributed by atoms with Gasteiger partial charge < -0.3 is 9.47 Å². The Labute approximate surface area is 96.1 Å². The molecule has 0 saturated carbocycles. The van der Waals surface area contributed by atoms with Gasteiger partial charge in [0.05, 0.1) is 13.7 Å². The van der Waals surface area contributed by atoms with Gasteiger partial charge in [-0.2, -0.15) is 4.21 Å². The van der Waals surface area contributed by atoms with Crippen molar-refractivity contribution in [3.05, 3.63) is 24.3 Å². The van der Waals surface area contributed by atoms with Crippen molar-refractivity contribution in [3.63, 3.8) is 0 Å². The standard InChI is InChI=1S/C10H12O5S/c1-12-9-4-2-3-5-10(9)13-6-8-7-14-16(11)15-8/h2-5,8H,6-7H2,1H3/t8-,16?/m1/s1. The van der Waals surface area contributed by atoms with Crippen molar-refractivity contribution in [3.8, 4) is 11.5 Å². The first-order valence-electron chi connectivity index (χ1n) is 4.77. The molecule has 1 aliphatic rings. The third-order valence-electron chi connectivity index (χ3n) is 2.06. The van der Waals surface area contributed by atoms with Crippen LogP contribution in [0.5, 0.6) is 11.5 Å². The van der Waals surface area contributed by atoms with Crippen molar-refractivity contribution in [2.24, 2.45) is 0 Å². The third kappa shape index (κ3) is 2.72. The molecule has 2 rings (SSSR count). The number of para-hydroxylation sites is 2. The normalized spacial score (nSPS) is 24.3. The first kappa shape index (κ1) is 11.4. The average Bonchev–Trinajstić information content (AvgIpc) is 2.73. The van der Waals surface area contributed by atoms with Crippen LogP contribution in [0.25, 0.3) is 0 Å². The van der Waals surface area contributed by atoms with E-state index in [1.165, 1.54) is 0 Å². The van der Waals surface area contributed by atoms with Crippen LogP contribution in [0.3, 0.4) is 0 Å². The zero-order chi connectivity index (χ0) is 11.4. The number of benzene rings is 1. The molecule has 0 radical (unpaired) electrons. The molecule has 0 aliphatic carbocycles. The SMILES string of the molecule is COc1ccccc1OC[C@@H]1COS(=O)O1. The largest absolute Gasteiger partial charge is 0.493 e. The van der Waals surface area contributed by atoms with Gasteiger partial charge in [0, 0.05) is 0 Å². The predicted octanol–water partition coefficient (Wildman–Crippen LogP) is 1.07. The van der Waals surface area contributed by atoms with Gasteiger partial charge in [0.15, 0.2) is 11.5 Å². The quantitative estimate of drug-likeness (QED) is 0.793. The summed E-state index contributed by atoms with van der Waals surface area (Å²) in [5, 5.41) is 0. The summed E-state index contributed by atoms with van der Waals surface area (Å²) < 4.78 is 31.1. The van der Waals surface area contributed by atoms with E-state index in [1.807, 2.05) is 12.1 Å². The van der Waals surface area contributed by atoms with E-state index in [0.717, 1.165) is 0 Å². The van der Waals surface area contributed by atoms with Crippen molar-refractivity contribution < 1.29 is 22.0 Å². The molecule has 1 aromatic rings. The molecule has 0 amide bonds. The molecule has 1 heterocycles. The molecule has 1 saturated heterocycles. The van der Waals surface area contributed by atoms with Gasteiger partial charge in [-0.1, -0.05) is 12.1 Å². The second-order valence-corrected chi connectivity index (χ2v) is 4.01. The Bertz CT molecular complexity index is 381. The molecule has 0 bridgehead atoms. The monoisotopic (exact) mass is 244 g/mol. The van der Waals surface area contributed by atoms with E-state index in [9.17, 15) is 4.21 Å². The Balaban J connectivity index is 1.91. The molecule has 16 heavy (non-hydrogen) atoms. The molecule has 1 aliphatic heterocycles. The van der Waals surface area contributed by atoms with Crippen molar-refractivity contribution in [2.75, 3.05) is 20.3 Å². The Hall–Kier alpha value is -1.11. The number of ether oxygens (including phenoxy) is 2. The summed E-state index contributed by atoms with van der Waals surface area (Å²) in [4.78, 5) is 0. The molecular formula is C10H12O5S. The topological polar surface area (TPSA) is 54.0 Å². The molecule has 6 heteroatoms. The van der Waals surface area contributed by atoms with Gasteiger partial charge in [0.2, 0.25) is 0 Å². The zero-order valence-electron chi connectivity index (χ0n) is 8.75. The Kier molecular flexibility index (Phi) is 3.76. The maximum Gasteiger partial charge on any atom is 0.305 e. The van der Waals surface area contributed by atoms with Crippen molar-refractivity contribution in [1.29, 1.82) is 0 Å². The minimum Gasteiger partial charge on any atom is -0.493 e. The summed E-state index contributed by atoms with van der Waals surface area (Å²) in [6.07, 6.45) is -0.300. The summed E-state index contributed by atoms with van der Waals surface area (Å²) >= 11 is -1.63. The number of hydrogen-bond acceptors (Lipinski definition) is 5. The summed E-state index contributed by atoms with van der Waals surface area (Å²) in [6, 6.07) is 7.31. The summed E-state index contributed by atoms with van der Waals surface area (Å²) in [7, 11) is 1.58. The van der Waals surface area contributed by atoms with Crippen molar-refractivity contribution in [2.45, 2.75) is 6.10 Å². The van der Waals surface area contributed by atoms with E-state index in [4.69, 9.17) is 17.8 Å². The lowest BCUT2D eigenvalue weighted by Gasteiger charge is -2.11. The van der Waals surface area contributed by atoms with Crippen molar-refractivity contribution in [1.82, 2.24) is 0 Å². The first-order valence-corrected chi connectivity index (χ1v) is 5.77. The van der Waals surface area contributed by atoms with Crippen LogP contribution >= 0.6 is 0 Å². The molecule has 0 spiro atoms. The molecule has 5 nitrogen and oxygen atoms in total. The lowest BCUT2D eigenvalue weighted by atomic mass is 10.3. The van der Waals surface area contributed by atoms with Gasteiger partial charge in [-0.05, 0) is 12.1 Å². The maximum atomic E-state index is 10.8. The fourth-order valence-electron chi connectivity index (χ4n) is 1.29. The molecule has 2 atom stereocenters. The highest BCUT2D eigenvalue weighted by Gasteiger charge is 2.24. The van der Waals surface area contributed by atoms with Crippen molar-refractivity contribution >= 4 is 11.4 Å². The van der Waals surface area contributed by atoms with Crippen LogP contribution in [0, 0.1) is 0 Å². The van der Waals surface area contributed by atoms with Crippen LogP contribution < -0.4 is 9.47 Å². The van der Waals surface area contributed by atoms with E-state index in [1.54, 1.807) is 19.2 Å². The van der Waals surface area contributed by atoms with E-state index in [2.05, 4.69) is 0 Å². The minimum absolute atomic E-state index is 0.280. The molecular weight excluding hydrogens is 232 g/mol. The van der Waals surface area contributed by atoms with Crippen LogP contribution in [-0.4, -0.2) is 30.6 Å². The van der Waals surface area contributed by atoms with Gasteiger partial charge >= 0.3 is 11.4 Å². The summed E-state index contributed by atoms with van der Waals surface area (Å²) in [6.45, 7) is 0.563. The number of hydrogen-bond donors (Lipinski definition) is 0. The average molecular weight is 244 g/mol. The van der Waals surface area contributed by atoms with Crippen LogP contribution in [0.2, 0.25) is 0 Å². The van der Waals surface area contributed by atoms with E-state index in [0.29, 0.717) is 11.5 Å². The Morgan fingerprint density at radius 2 is 2.19 bits per heavy atom. The number of methoxy groups -OCH3 is 1. The van der Waals surface area contributed by atoms with E-state index >= 15 is 0 Å².